The van der Waals surface area contributed by atoms with Crippen LogP contribution >= 0.6 is 27.7 Å². The molecule has 0 saturated heterocycles. The van der Waals surface area contributed by atoms with Crippen LogP contribution in [0.25, 0.3) is 0 Å². The minimum atomic E-state index is -0.204. The molecule has 1 aromatic heterocycles. The number of carbonyl (C=O) groups excluding carboxylic acids is 1. The fourth-order valence-electron chi connectivity index (χ4n) is 0.826. The van der Waals surface area contributed by atoms with E-state index in [1.54, 1.807) is 6.20 Å². The summed E-state index contributed by atoms with van der Waals surface area (Å²) >= 11 is 4.85. The second-order valence-corrected chi connectivity index (χ2v) is 4.44. The van der Waals surface area contributed by atoms with Gasteiger partial charge in [0.1, 0.15) is 0 Å². The first-order chi connectivity index (χ1) is 6.72. The van der Waals surface area contributed by atoms with E-state index in [0.717, 1.165) is 10.2 Å². The molecule has 0 bridgehead atoms. The molecule has 0 amide bonds. The van der Waals surface area contributed by atoms with Gasteiger partial charge in [0.05, 0.1) is 18.6 Å². The van der Waals surface area contributed by atoms with Crippen LogP contribution in [0, 0.1) is 0 Å². The van der Waals surface area contributed by atoms with Crippen LogP contribution < -0.4 is 0 Å². The standard InChI is InChI=1S/C9H10BrNO2S/c1-13-9(12)6-14-5-8-4-7(10)2-3-11-8/h2-4H,5-6H2,1H3. The Morgan fingerprint density at radius 1 is 1.71 bits per heavy atom. The fourth-order valence-corrected chi connectivity index (χ4v) is 1.96. The van der Waals surface area contributed by atoms with Crippen LogP contribution in [0.3, 0.4) is 0 Å². The SMILES string of the molecule is COC(=O)CSCc1cc(Br)ccn1. The number of esters is 1. The third-order valence-corrected chi connectivity index (χ3v) is 2.91. The Balaban J connectivity index is 2.35. The number of pyridine rings is 1. The van der Waals surface area contributed by atoms with Gasteiger partial charge in [0.2, 0.25) is 0 Å². The van der Waals surface area contributed by atoms with Gasteiger partial charge in [0, 0.05) is 16.4 Å². The van der Waals surface area contributed by atoms with E-state index in [2.05, 4.69) is 25.7 Å². The van der Waals surface area contributed by atoms with Crippen LogP contribution in [-0.4, -0.2) is 23.8 Å². The average molecular weight is 276 g/mol. The number of carbonyl (C=O) groups is 1. The molecular formula is C9H10BrNO2S. The smallest absolute Gasteiger partial charge is 0.315 e. The van der Waals surface area contributed by atoms with Crippen molar-refractivity contribution >= 4 is 33.7 Å². The second kappa shape index (κ2) is 6.03. The number of hydrogen-bond donors (Lipinski definition) is 0. The number of nitrogens with zero attached hydrogens (tertiary/aromatic N) is 1. The van der Waals surface area contributed by atoms with Crippen LogP contribution in [-0.2, 0) is 15.3 Å². The molecule has 0 aliphatic carbocycles. The predicted octanol–water partition coefficient (Wildman–Crippen LogP) is 2.25. The first kappa shape index (κ1) is 11.5. The summed E-state index contributed by atoms with van der Waals surface area (Å²) in [4.78, 5) is 15.0. The molecule has 0 radical (unpaired) electrons. The lowest BCUT2D eigenvalue weighted by atomic mass is 10.4. The van der Waals surface area contributed by atoms with Gasteiger partial charge in [0.15, 0.2) is 0 Å². The Kier molecular flexibility index (Phi) is 4.97. The molecular weight excluding hydrogens is 266 g/mol. The van der Waals surface area contributed by atoms with Crippen molar-refractivity contribution in [3.8, 4) is 0 Å². The Labute approximate surface area is 95.4 Å². The minimum Gasteiger partial charge on any atom is -0.468 e. The van der Waals surface area contributed by atoms with Crippen LogP contribution in [0.15, 0.2) is 22.8 Å². The van der Waals surface area contributed by atoms with Gasteiger partial charge in [-0.05, 0) is 12.1 Å². The summed E-state index contributed by atoms with van der Waals surface area (Å²) in [5.41, 5.74) is 0.952. The van der Waals surface area contributed by atoms with Crippen molar-refractivity contribution in [3.63, 3.8) is 0 Å². The van der Waals surface area contributed by atoms with E-state index in [1.165, 1.54) is 18.9 Å². The molecule has 3 nitrogen and oxygen atoms in total. The van der Waals surface area contributed by atoms with Crippen LogP contribution in [0.2, 0.25) is 0 Å². The molecule has 0 aliphatic heterocycles. The minimum absolute atomic E-state index is 0.204. The monoisotopic (exact) mass is 275 g/mol. The molecule has 1 aromatic rings. The number of methoxy groups -OCH3 is 1. The van der Waals surface area contributed by atoms with E-state index in [-0.39, 0.29) is 5.97 Å². The summed E-state index contributed by atoms with van der Waals surface area (Å²) in [5, 5.41) is 0. The number of ether oxygens (including phenoxy) is 1. The highest BCUT2D eigenvalue weighted by atomic mass is 79.9. The van der Waals surface area contributed by atoms with Crippen LogP contribution in [0.5, 0.6) is 0 Å². The van der Waals surface area contributed by atoms with Gasteiger partial charge >= 0.3 is 5.97 Å². The van der Waals surface area contributed by atoms with Crippen LogP contribution in [0.1, 0.15) is 5.69 Å². The van der Waals surface area contributed by atoms with E-state index in [4.69, 9.17) is 0 Å². The summed E-state index contributed by atoms with van der Waals surface area (Å²) in [6.07, 6.45) is 1.73. The van der Waals surface area contributed by atoms with E-state index >= 15 is 0 Å². The molecule has 0 aliphatic rings. The first-order valence-electron chi connectivity index (χ1n) is 3.97. The zero-order chi connectivity index (χ0) is 10.4. The Morgan fingerprint density at radius 3 is 3.14 bits per heavy atom. The summed E-state index contributed by atoms with van der Waals surface area (Å²) in [5.74, 6) is 0.879. The highest BCUT2D eigenvalue weighted by Crippen LogP contribution is 2.14. The highest BCUT2D eigenvalue weighted by molar-refractivity contribution is 9.10. The average Bonchev–Trinajstić information content (AvgIpc) is 2.17. The summed E-state index contributed by atoms with van der Waals surface area (Å²) in [6.45, 7) is 0. The zero-order valence-corrected chi connectivity index (χ0v) is 10.1. The quantitative estimate of drug-likeness (QED) is 0.791. The molecule has 0 unspecified atom stereocenters. The van der Waals surface area contributed by atoms with Gasteiger partial charge in [-0.3, -0.25) is 9.78 Å². The summed E-state index contributed by atoms with van der Waals surface area (Å²) < 4.78 is 5.52. The number of aromatic nitrogens is 1. The van der Waals surface area contributed by atoms with E-state index in [9.17, 15) is 4.79 Å². The lowest BCUT2D eigenvalue weighted by Gasteiger charge is -2.00. The largest absolute Gasteiger partial charge is 0.468 e. The van der Waals surface area contributed by atoms with Gasteiger partial charge < -0.3 is 4.74 Å². The Morgan fingerprint density at radius 2 is 2.50 bits per heavy atom. The molecule has 0 atom stereocenters. The maximum absolute atomic E-state index is 10.8. The highest BCUT2D eigenvalue weighted by Gasteiger charge is 2.01. The van der Waals surface area contributed by atoms with Crippen molar-refractivity contribution in [1.82, 2.24) is 4.98 Å². The lowest BCUT2D eigenvalue weighted by molar-refractivity contribution is -0.137. The maximum Gasteiger partial charge on any atom is 0.315 e. The van der Waals surface area contributed by atoms with Gasteiger partial charge in [-0.2, -0.15) is 0 Å². The number of rotatable bonds is 4. The van der Waals surface area contributed by atoms with Gasteiger partial charge in [-0.15, -0.1) is 11.8 Å². The molecule has 0 N–H and O–H groups in total. The van der Waals surface area contributed by atoms with Crippen molar-refractivity contribution in [1.29, 1.82) is 0 Å². The van der Waals surface area contributed by atoms with Crippen molar-refractivity contribution in [2.45, 2.75) is 5.75 Å². The van der Waals surface area contributed by atoms with Crippen molar-refractivity contribution in [3.05, 3.63) is 28.5 Å². The number of thioether (sulfide) groups is 1. The molecule has 0 spiro atoms. The molecule has 76 valence electrons. The molecule has 0 aromatic carbocycles. The third kappa shape index (κ3) is 4.11. The molecule has 0 saturated carbocycles. The maximum atomic E-state index is 10.8. The normalized spacial score (nSPS) is 9.86. The van der Waals surface area contributed by atoms with Crippen molar-refractivity contribution in [2.75, 3.05) is 12.9 Å². The Bertz CT molecular complexity index is 319. The van der Waals surface area contributed by atoms with Gasteiger partial charge in [0.25, 0.3) is 0 Å². The van der Waals surface area contributed by atoms with E-state index in [0.29, 0.717) is 11.5 Å². The van der Waals surface area contributed by atoms with E-state index < -0.39 is 0 Å². The summed E-state index contributed by atoms with van der Waals surface area (Å²) in [6, 6.07) is 3.80. The van der Waals surface area contributed by atoms with Gasteiger partial charge in [-0.25, -0.2) is 0 Å². The first-order valence-corrected chi connectivity index (χ1v) is 5.92. The molecule has 0 fully saturated rings. The lowest BCUT2D eigenvalue weighted by Crippen LogP contribution is -2.03. The number of hydrogen-bond acceptors (Lipinski definition) is 4. The van der Waals surface area contributed by atoms with Gasteiger partial charge in [-0.1, -0.05) is 15.9 Å². The van der Waals surface area contributed by atoms with E-state index in [1.807, 2.05) is 12.1 Å². The Hall–Kier alpha value is -0.550. The fraction of sp³-hybridized carbons (Fsp3) is 0.333. The van der Waals surface area contributed by atoms with Crippen molar-refractivity contribution in [2.24, 2.45) is 0 Å². The molecule has 14 heavy (non-hydrogen) atoms. The zero-order valence-electron chi connectivity index (χ0n) is 7.70. The predicted molar refractivity (Wildman–Crippen MR) is 60.1 cm³/mol. The third-order valence-electron chi connectivity index (χ3n) is 1.48. The van der Waals surface area contributed by atoms with Crippen LogP contribution in [0.4, 0.5) is 0 Å². The van der Waals surface area contributed by atoms with Crippen molar-refractivity contribution < 1.29 is 9.53 Å². The topological polar surface area (TPSA) is 39.2 Å². The second-order valence-electron chi connectivity index (χ2n) is 2.53. The molecule has 1 rings (SSSR count). The molecule has 5 heteroatoms. The summed E-state index contributed by atoms with van der Waals surface area (Å²) in [7, 11) is 1.39. The molecule has 1 heterocycles. The number of halogens is 1.